The highest BCUT2D eigenvalue weighted by Crippen LogP contribution is 2.31. The number of hydrogen-bond acceptors (Lipinski definition) is 4. The summed E-state index contributed by atoms with van der Waals surface area (Å²) in [4.78, 5) is 11.3. The molecular formula is C11H12O4. The number of unbranched alkanes of at least 4 members (excludes halogenated alkanes) is 1. The molecule has 0 radical (unpaired) electrons. The van der Waals surface area contributed by atoms with Crippen molar-refractivity contribution in [1.82, 2.24) is 0 Å². The Morgan fingerprint density at radius 1 is 1.60 bits per heavy atom. The molecule has 0 bridgehead atoms. The van der Waals surface area contributed by atoms with Crippen molar-refractivity contribution in [3.05, 3.63) is 30.0 Å². The molecule has 0 aliphatic carbocycles. The van der Waals surface area contributed by atoms with E-state index in [1.165, 1.54) is 6.26 Å². The Bertz CT molecular complexity index is 378. The zero-order chi connectivity index (χ0) is 10.7. The van der Waals surface area contributed by atoms with Gasteiger partial charge in [0.25, 0.3) is 5.95 Å². The molecule has 0 saturated carbocycles. The Balaban J connectivity index is 1.97. The van der Waals surface area contributed by atoms with Gasteiger partial charge in [0.15, 0.2) is 5.56 Å². The van der Waals surface area contributed by atoms with Crippen LogP contribution in [0.5, 0.6) is 5.95 Å². The van der Waals surface area contributed by atoms with E-state index in [2.05, 4.69) is 6.58 Å². The minimum atomic E-state index is -0.363. The van der Waals surface area contributed by atoms with Crippen molar-refractivity contribution in [3.8, 4) is 5.95 Å². The van der Waals surface area contributed by atoms with Gasteiger partial charge in [0.1, 0.15) is 12.9 Å². The van der Waals surface area contributed by atoms with E-state index in [9.17, 15) is 4.79 Å². The van der Waals surface area contributed by atoms with E-state index in [1.807, 2.05) is 6.08 Å². The van der Waals surface area contributed by atoms with Gasteiger partial charge in [0.05, 0.1) is 6.61 Å². The van der Waals surface area contributed by atoms with Crippen LogP contribution in [0.25, 0.3) is 0 Å². The van der Waals surface area contributed by atoms with Crippen molar-refractivity contribution in [2.45, 2.75) is 19.4 Å². The Morgan fingerprint density at radius 2 is 2.47 bits per heavy atom. The van der Waals surface area contributed by atoms with Gasteiger partial charge in [0, 0.05) is 5.56 Å². The summed E-state index contributed by atoms with van der Waals surface area (Å²) in [7, 11) is 0. The van der Waals surface area contributed by atoms with Crippen molar-refractivity contribution in [1.29, 1.82) is 0 Å². The molecule has 1 aromatic heterocycles. The number of furan rings is 1. The summed E-state index contributed by atoms with van der Waals surface area (Å²) in [5.41, 5.74) is 1.20. The maximum absolute atomic E-state index is 11.3. The van der Waals surface area contributed by atoms with Gasteiger partial charge in [0.2, 0.25) is 0 Å². The fourth-order valence-electron chi connectivity index (χ4n) is 1.41. The summed E-state index contributed by atoms with van der Waals surface area (Å²) in [6.45, 7) is 4.41. The summed E-state index contributed by atoms with van der Waals surface area (Å²) in [5, 5.41) is 0. The number of carbonyl (C=O) groups excluding carboxylic acids is 1. The number of allylic oxidation sites excluding steroid dienone is 1. The van der Waals surface area contributed by atoms with Crippen molar-refractivity contribution in [2.75, 3.05) is 6.61 Å². The lowest BCUT2D eigenvalue weighted by Gasteiger charge is -2.01. The first-order chi connectivity index (χ1) is 7.33. The molecule has 1 aromatic rings. The van der Waals surface area contributed by atoms with Crippen LogP contribution in [0.2, 0.25) is 0 Å². The van der Waals surface area contributed by atoms with E-state index in [0.29, 0.717) is 12.2 Å². The molecule has 0 unspecified atom stereocenters. The van der Waals surface area contributed by atoms with Crippen LogP contribution in [0.1, 0.15) is 28.8 Å². The maximum Gasteiger partial charge on any atom is 0.346 e. The molecule has 80 valence electrons. The third kappa shape index (κ3) is 1.88. The fourth-order valence-corrected chi connectivity index (χ4v) is 1.41. The molecule has 15 heavy (non-hydrogen) atoms. The summed E-state index contributed by atoms with van der Waals surface area (Å²) >= 11 is 0. The number of hydrogen-bond donors (Lipinski definition) is 0. The molecule has 1 aliphatic heterocycles. The van der Waals surface area contributed by atoms with Crippen LogP contribution in [0, 0.1) is 0 Å². The topological polar surface area (TPSA) is 48.7 Å². The normalized spacial score (nSPS) is 13.5. The average molecular weight is 208 g/mol. The van der Waals surface area contributed by atoms with Gasteiger partial charge in [-0.3, -0.25) is 0 Å². The SMILES string of the molecule is C=CCCCOc1occ2c1C(=O)OC2. The monoisotopic (exact) mass is 208 g/mol. The Morgan fingerprint density at radius 3 is 3.27 bits per heavy atom. The summed E-state index contributed by atoms with van der Waals surface area (Å²) in [6.07, 6.45) is 5.06. The molecule has 0 saturated heterocycles. The van der Waals surface area contributed by atoms with E-state index in [4.69, 9.17) is 13.9 Å². The summed E-state index contributed by atoms with van der Waals surface area (Å²) in [6, 6.07) is 0. The second-order valence-electron chi connectivity index (χ2n) is 3.28. The second-order valence-corrected chi connectivity index (χ2v) is 3.28. The van der Waals surface area contributed by atoms with Gasteiger partial charge >= 0.3 is 5.97 Å². The lowest BCUT2D eigenvalue weighted by molar-refractivity contribution is 0.0522. The fraction of sp³-hybridized carbons (Fsp3) is 0.364. The highest BCUT2D eigenvalue weighted by Gasteiger charge is 2.29. The Kier molecular flexibility index (Phi) is 2.76. The Hall–Kier alpha value is -1.71. The number of fused-ring (bicyclic) bond motifs is 1. The number of ether oxygens (including phenoxy) is 2. The molecule has 0 spiro atoms. The molecule has 0 fully saturated rings. The van der Waals surface area contributed by atoms with Crippen LogP contribution >= 0.6 is 0 Å². The van der Waals surface area contributed by atoms with Crippen molar-refractivity contribution < 1.29 is 18.7 Å². The largest absolute Gasteiger partial charge is 0.465 e. The highest BCUT2D eigenvalue weighted by molar-refractivity contribution is 5.95. The Labute approximate surface area is 87.5 Å². The summed E-state index contributed by atoms with van der Waals surface area (Å²) in [5.74, 6) is -0.0889. The third-order valence-electron chi connectivity index (χ3n) is 2.18. The molecule has 0 aromatic carbocycles. The maximum atomic E-state index is 11.3. The second kappa shape index (κ2) is 4.21. The van der Waals surface area contributed by atoms with Crippen LogP contribution in [-0.2, 0) is 11.3 Å². The zero-order valence-corrected chi connectivity index (χ0v) is 8.32. The number of rotatable bonds is 5. The molecule has 0 atom stereocenters. The van der Waals surface area contributed by atoms with Crippen molar-refractivity contribution >= 4 is 5.97 Å². The van der Waals surface area contributed by atoms with E-state index in [-0.39, 0.29) is 18.5 Å². The molecule has 4 nitrogen and oxygen atoms in total. The lowest BCUT2D eigenvalue weighted by atomic mass is 10.2. The molecular weight excluding hydrogens is 196 g/mol. The molecule has 2 rings (SSSR count). The van der Waals surface area contributed by atoms with Crippen LogP contribution in [0.3, 0.4) is 0 Å². The summed E-state index contributed by atoms with van der Waals surface area (Å²) < 4.78 is 15.3. The average Bonchev–Trinajstić information content (AvgIpc) is 2.78. The van der Waals surface area contributed by atoms with Gasteiger partial charge in [-0.25, -0.2) is 4.79 Å². The molecule has 0 N–H and O–H groups in total. The van der Waals surface area contributed by atoms with Gasteiger partial charge in [-0.2, -0.15) is 0 Å². The predicted molar refractivity (Wildman–Crippen MR) is 52.8 cm³/mol. The van der Waals surface area contributed by atoms with Crippen LogP contribution in [0.15, 0.2) is 23.3 Å². The van der Waals surface area contributed by atoms with Crippen molar-refractivity contribution in [3.63, 3.8) is 0 Å². The number of carbonyl (C=O) groups is 1. The first-order valence-electron chi connectivity index (χ1n) is 4.84. The number of cyclic esters (lactones) is 1. The van der Waals surface area contributed by atoms with Crippen molar-refractivity contribution in [2.24, 2.45) is 0 Å². The van der Waals surface area contributed by atoms with E-state index >= 15 is 0 Å². The number of esters is 1. The highest BCUT2D eigenvalue weighted by atomic mass is 16.6. The standard InChI is InChI=1S/C11H12O4/c1-2-3-4-5-13-11-9-8(7-15-11)6-14-10(9)12/h2,7H,1,3-6H2. The minimum Gasteiger partial charge on any atom is -0.465 e. The van der Waals surface area contributed by atoms with Crippen LogP contribution in [0.4, 0.5) is 0 Å². The smallest absolute Gasteiger partial charge is 0.346 e. The molecule has 2 heterocycles. The van der Waals surface area contributed by atoms with Gasteiger partial charge in [-0.1, -0.05) is 6.08 Å². The zero-order valence-electron chi connectivity index (χ0n) is 8.32. The first kappa shape index (κ1) is 9.83. The van der Waals surface area contributed by atoms with Gasteiger partial charge in [-0.15, -0.1) is 6.58 Å². The minimum absolute atomic E-state index is 0.275. The first-order valence-corrected chi connectivity index (χ1v) is 4.84. The molecule has 4 heteroatoms. The quantitative estimate of drug-likeness (QED) is 0.423. The molecule has 0 amide bonds. The third-order valence-corrected chi connectivity index (χ3v) is 2.18. The van der Waals surface area contributed by atoms with Crippen LogP contribution < -0.4 is 4.74 Å². The van der Waals surface area contributed by atoms with Crippen LogP contribution in [-0.4, -0.2) is 12.6 Å². The molecule has 1 aliphatic rings. The lowest BCUT2D eigenvalue weighted by Crippen LogP contribution is -2.01. The van der Waals surface area contributed by atoms with E-state index in [1.54, 1.807) is 0 Å². The van der Waals surface area contributed by atoms with Gasteiger partial charge < -0.3 is 13.9 Å². The van der Waals surface area contributed by atoms with Gasteiger partial charge in [-0.05, 0) is 12.8 Å². The van der Waals surface area contributed by atoms with E-state index < -0.39 is 0 Å². The predicted octanol–water partition coefficient (Wildman–Crippen LogP) is 2.29. The van der Waals surface area contributed by atoms with E-state index in [0.717, 1.165) is 18.4 Å².